The second kappa shape index (κ2) is 12.6. The van der Waals surface area contributed by atoms with Crippen molar-refractivity contribution in [2.24, 2.45) is 0 Å². The van der Waals surface area contributed by atoms with E-state index < -0.39 is 0 Å². The highest BCUT2D eigenvalue weighted by Gasteiger charge is 2.13. The molecule has 0 fully saturated rings. The highest BCUT2D eigenvalue weighted by atomic mass is 16.7. The maximum absolute atomic E-state index is 11.3. The second-order valence-electron chi connectivity index (χ2n) is 9.08. The van der Waals surface area contributed by atoms with Gasteiger partial charge in [0.05, 0.1) is 0 Å². The van der Waals surface area contributed by atoms with Crippen molar-refractivity contribution < 1.29 is 23.7 Å². The van der Waals surface area contributed by atoms with Crippen LogP contribution < -0.4 is 30.0 Å². The monoisotopic (exact) mass is 534 g/mol. The minimum atomic E-state index is 0.0173. The fourth-order valence-electron chi connectivity index (χ4n) is 3.95. The largest absolute Gasteiger partial charge is 0.454 e. The van der Waals surface area contributed by atoms with Crippen molar-refractivity contribution in [3.8, 4) is 23.0 Å². The van der Waals surface area contributed by atoms with Crippen molar-refractivity contribution in [1.29, 1.82) is 0 Å². The Morgan fingerprint density at radius 1 is 0.650 bits per heavy atom. The van der Waals surface area contributed by atoms with E-state index in [0.717, 1.165) is 56.6 Å². The predicted molar refractivity (Wildman–Crippen MR) is 159 cm³/mol. The van der Waals surface area contributed by atoms with Crippen molar-refractivity contribution in [3.63, 3.8) is 0 Å². The van der Waals surface area contributed by atoms with E-state index in [1.807, 2.05) is 116 Å². The van der Waals surface area contributed by atoms with Crippen molar-refractivity contribution in [2.45, 2.75) is 13.3 Å². The lowest BCUT2D eigenvalue weighted by Gasteiger charge is -2.03. The maximum atomic E-state index is 11.3. The van der Waals surface area contributed by atoms with Gasteiger partial charge in [-0.05, 0) is 70.8 Å². The molecule has 0 spiro atoms. The fraction of sp³-hybridized carbons (Fsp3) is 0.121. The zero-order valence-electron chi connectivity index (χ0n) is 22.1. The van der Waals surface area contributed by atoms with E-state index in [9.17, 15) is 4.79 Å². The van der Waals surface area contributed by atoms with Crippen LogP contribution in [0.25, 0.3) is 24.3 Å². The predicted octanol–water partition coefficient (Wildman–Crippen LogP) is 7.10. The maximum Gasteiger partial charge on any atom is 0.231 e. The number of ether oxygens (including phenoxy) is 4. The van der Waals surface area contributed by atoms with Crippen LogP contribution in [-0.2, 0) is 4.79 Å². The third-order valence-corrected chi connectivity index (χ3v) is 6.18. The SMILES string of the molecule is CCC(=O)Nc1ccc(/C=C/c2ccc3c(c2)OCO3)cc1.Nc1ccc(/C=C/c2ccc3c(c2)OCO3)cc1. The zero-order chi connectivity index (χ0) is 27.7. The first kappa shape index (κ1) is 26.4. The number of fused-ring (bicyclic) bond motifs is 2. The molecule has 2 aliphatic heterocycles. The number of anilines is 2. The topological polar surface area (TPSA) is 92.0 Å². The van der Waals surface area contributed by atoms with Gasteiger partial charge in [0.2, 0.25) is 19.5 Å². The van der Waals surface area contributed by atoms with Gasteiger partial charge in [-0.25, -0.2) is 0 Å². The zero-order valence-corrected chi connectivity index (χ0v) is 22.1. The Bertz CT molecular complexity index is 1530. The van der Waals surface area contributed by atoms with Crippen LogP contribution >= 0.6 is 0 Å². The number of rotatable bonds is 6. The summed E-state index contributed by atoms with van der Waals surface area (Å²) in [5.41, 5.74) is 11.5. The first-order valence-corrected chi connectivity index (χ1v) is 13.0. The molecular weight excluding hydrogens is 504 g/mol. The standard InChI is InChI=1S/C18H17NO3.C15H13NO2/c1-2-18(20)19-15-8-5-13(6-9-15)3-4-14-7-10-16-17(11-14)22-12-21-16;16-13-6-3-11(4-7-13)1-2-12-5-8-14-15(9-12)18-10-17-14/h3-11H,2,12H2,1H3,(H,19,20);1-9H,10,16H2/b4-3+;2-1+. The fourth-order valence-corrected chi connectivity index (χ4v) is 3.95. The van der Waals surface area contributed by atoms with Crippen molar-refractivity contribution in [1.82, 2.24) is 0 Å². The van der Waals surface area contributed by atoms with Crippen LogP contribution in [0.5, 0.6) is 23.0 Å². The number of benzene rings is 4. The minimum absolute atomic E-state index is 0.0173. The van der Waals surface area contributed by atoms with Crippen LogP contribution in [0.15, 0.2) is 84.9 Å². The Kier molecular flexibility index (Phi) is 8.32. The lowest BCUT2D eigenvalue weighted by atomic mass is 10.1. The molecule has 1 amide bonds. The third-order valence-electron chi connectivity index (χ3n) is 6.18. The molecule has 0 bridgehead atoms. The minimum Gasteiger partial charge on any atom is -0.454 e. The smallest absolute Gasteiger partial charge is 0.231 e. The van der Waals surface area contributed by atoms with E-state index >= 15 is 0 Å². The van der Waals surface area contributed by atoms with Gasteiger partial charge in [0.25, 0.3) is 0 Å². The molecule has 0 saturated carbocycles. The molecule has 202 valence electrons. The summed E-state index contributed by atoms with van der Waals surface area (Å²) in [6.45, 7) is 2.42. The molecule has 4 aromatic rings. The van der Waals surface area contributed by atoms with Crippen LogP contribution in [0.1, 0.15) is 35.6 Å². The van der Waals surface area contributed by atoms with E-state index in [1.165, 1.54) is 0 Å². The number of hydrogen-bond donors (Lipinski definition) is 2. The molecule has 0 aliphatic carbocycles. The Hall–Kier alpha value is -5.17. The van der Waals surface area contributed by atoms with Crippen LogP contribution in [0.2, 0.25) is 0 Å². The average molecular weight is 535 g/mol. The molecular formula is C33H30N2O5. The van der Waals surface area contributed by atoms with Gasteiger partial charge in [0.15, 0.2) is 23.0 Å². The van der Waals surface area contributed by atoms with Gasteiger partial charge in [-0.3, -0.25) is 4.79 Å². The normalized spacial score (nSPS) is 12.8. The van der Waals surface area contributed by atoms with Crippen LogP contribution in [0, 0.1) is 0 Å². The summed E-state index contributed by atoms with van der Waals surface area (Å²) < 4.78 is 21.3. The first-order valence-electron chi connectivity index (χ1n) is 13.0. The number of nitrogens with one attached hydrogen (secondary N) is 1. The molecule has 2 heterocycles. The Labute approximate surface area is 233 Å². The summed E-state index contributed by atoms with van der Waals surface area (Å²) in [6.07, 6.45) is 8.58. The Morgan fingerprint density at radius 3 is 1.57 bits per heavy atom. The summed E-state index contributed by atoms with van der Waals surface area (Å²) in [7, 11) is 0. The van der Waals surface area contributed by atoms with E-state index in [1.54, 1.807) is 0 Å². The van der Waals surface area contributed by atoms with Gasteiger partial charge in [0, 0.05) is 17.8 Å². The van der Waals surface area contributed by atoms with Gasteiger partial charge < -0.3 is 30.0 Å². The summed E-state index contributed by atoms with van der Waals surface area (Å²) in [6, 6.07) is 27.2. The van der Waals surface area contributed by atoms with Gasteiger partial charge in [-0.1, -0.05) is 67.6 Å². The molecule has 0 radical (unpaired) electrons. The van der Waals surface area contributed by atoms with Crippen LogP contribution in [0.4, 0.5) is 11.4 Å². The van der Waals surface area contributed by atoms with Crippen molar-refractivity contribution in [3.05, 3.63) is 107 Å². The summed E-state index contributed by atoms with van der Waals surface area (Å²) in [5.74, 6) is 3.19. The molecule has 0 aromatic heterocycles. The van der Waals surface area contributed by atoms with Gasteiger partial charge in [0.1, 0.15) is 0 Å². The molecule has 0 unspecified atom stereocenters. The molecule has 7 heteroatoms. The van der Waals surface area contributed by atoms with E-state index in [4.69, 9.17) is 24.7 Å². The molecule has 0 saturated heterocycles. The second-order valence-corrected chi connectivity index (χ2v) is 9.08. The number of carbonyl (C=O) groups is 1. The highest BCUT2D eigenvalue weighted by molar-refractivity contribution is 5.90. The molecule has 2 aliphatic rings. The van der Waals surface area contributed by atoms with Gasteiger partial charge in [-0.15, -0.1) is 0 Å². The molecule has 7 nitrogen and oxygen atoms in total. The van der Waals surface area contributed by atoms with Gasteiger partial charge >= 0.3 is 0 Å². The Morgan fingerprint density at radius 2 is 1.07 bits per heavy atom. The highest BCUT2D eigenvalue weighted by Crippen LogP contribution is 2.34. The molecule has 6 rings (SSSR count). The summed E-state index contributed by atoms with van der Waals surface area (Å²) >= 11 is 0. The molecule has 4 aromatic carbocycles. The van der Waals surface area contributed by atoms with E-state index in [2.05, 4.69) is 5.32 Å². The number of nitrogens with two attached hydrogens (primary N) is 1. The van der Waals surface area contributed by atoms with E-state index in [-0.39, 0.29) is 12.7 Å². The van der Waals surface area contributed by atoms with E-state index in [0.29, 0.717) is 13.2 Å². The molecule has 0 atom stereocenters. The molecule has 40 heavy (non-hydrogen) atoms. The number of nitrogen functional groups attached to an aromatic ring is 1. The number of carbonyl (C=O) groups excluding carboxylic acids is 1. The summed E-state index contributed by atoms with van der Waals surface area (Å²) in [4.78, 5) is 11.3. The lowest BCUT2D eigenvalue weighted by Crippen LogP contribution is -2.08. The van der Waals surface area contributed by atoms with Crippen LogP contribution in [0.3, 0.4) is 0 Å². The van der Waals surface area contributed by atoms with Crippen LogP contribution in [-0.4, -0.2) is 19.5 Å². The lowest BCUT2D eigenvalue weighted by molar-refractivity contribution is -0.115. The number of amides is 1. The number of hydrogen-bond acceptors (Lipinski definition) is 6. The summed E-state index contributed by atoms with van der Waals surface area (Å²) in [5, 5.41) is 2.83. The van der Waals surface area contributed by atoms with Crippen molar-refractivity contribution in [2.75, 3.05) is 24.6 Å². The first-order chi connectivity index (χ1) is 19.6. The average Bonchev–Trinajstić information content (AvgIpc) is 3.66. The van der Waals surface area contributed by atoms with Gasteiger partial charge in [-0.2, -0.15) is 0 Å². The van der Waals surface area contributed by atoms with Crippen molar-refractivity contribution >= 4 is 41.6 Å². The molecule has 3 N–H and O–H groups in total. The third kappa shape index (κ3) is 7.02. The quantitative estimate of drug-likeness (QED) is 0.202. The Balaban J connectivity index is 0.000000164.